The summed E-state index contributed by atoms with van der Waals surface area (Å²) in [6.45, 7) is 3.20. The van der Waals surface area contributed by atoms with Crippen LogP contribution in [0.1, 0.15) is 6.92 Å². The first-order valence-corrected chi connectivity index (χ1v) is 3.58. The van der Waals surface area contributed by atoms with Gasteiger partial charge in [0.1, 0.15) is 11.7 Å². The molecule has 0 bridgehead atoms. The average Bonchev–Trinajstić information content (AvgIpc) is 2.47. The topological polar surface area (TPSA) is 85.0 Å². The Balaban J connectivity index is 0. The first kappa shape index (κ1) is 15.3. The Morgan fingerprint density at radius 3 is 2.73 bits per heavy atom. The van der Waals surface area contributed by atoms with E-state index in [2.05, 4.69) is 9.83 Å². The minimum atomic E-state index is -1.04. The van der Waals surface area contributed by atoms with E-state index in [4.69, 9.17) is 0 Å². The minimum Gasteiger partial charge on any atom is -0.457 e. The van der Waals surface area contributed by atoms with Crippen LogP contribution < -0.4 is 0 Å². The standard InChI is InChI=1S/C6H8N3O4.Re.Rf/c1-5-7-2-3-8(5)6(10)4-13-9(11)12;;/h4H,2-3H2,1H3;;/q-1;;. The molecular formula is C6H8N3O4ReRf-. The molecule has 1 heterocycles. The molecule has 9 heteroatoms. The molecule has 0 aromatic heterocycles. The van der Waals surface area contributed by atoms with Crippen LogP contribution in [0.4, 0.5) is 0 Å². The molecule has 0 aromatic rings. The Labute approximate surface area is 93.9 Å². The van der Waals surface area contributed by atoms with E-state index in [1.165, 1.54) is 4.90 Å². The molecule has 81 valence electrons. The summed E-state index contributed by atoms with van der Waals surface area (Å²) in [5, 5.41) is 8.71. The van der Waals surface area contributed by atoms with Gasteiger partial charge in [-0.3, -0.25) is 4.99 Å². The second-order valence-corrected chi connectivity index (χ2v) is 2.37. The van der Waals surface area contributed by atoms with Crippen LogP contribution in [-0.4, -0.2) is 34.8 Å². The fourth-order valence-corrected chi connectivity index (χ4v) is 0.980. The van der Waals surface area contributed by atoms with Crippen molar-refractivity contribution >= 4 is 11.7 Å². The van der Waals surface area contributed by atoms with Crippen molar-refractivity contribution in [3.05, 3.63) is 16.7 Å². The van der Waals surface area contributed by atoms with Crippen molar-refractivity contribution in [2.75, 3.05) is 13.1 Å². The molecule has 1 radical (unpaired) electrons. The number of carbonyl (C=O) groups excluding carboxylic acids is 1. The Kier molecular flexibility index (Phi) is 6.49. The zero-order chi connectivity index (χ0) is 9.84. The van der Waals surface area contributed by atoms with Gasteiger partial charge in [-0.15, -0.1) is 16.7 Å². The second kappa shape index (κ2) is 6.34. The van der Waals surface area contributed by atoms with Crippen molar-refractivity contribution in [2.45, 2.75) is 6.92 Å². The van der Waals surface area contributed by atoms with Gasteiger partial charge in [0, 0.05) is 27.0 Å². The fourth-order valence-electron chi connectivity index (χ4n) is 0.980. The van der Waals surface area contributed by atoms with Crippen LogP contribution >= 0.6 is 0 Å². The largest absolute Gasteiger partial charge is 0.457 e. The van der Waals surface area contributed by atoms with Crippen molar-refractivity contribution < 1.29 is 35.1 Å². The van der Waals surface area contributed by atoms with Crippen molar-refractivity contribution in [1.82, 2.24) is 4.90 Å². The molecule has 0 saturated heterocycles. The predicted octanol–water partition coefficient (Wildman–Crippen LogP) is -0.385. The molecule has 0 fully saturated rings. The normalized spacial score (nSPS) is 13.1. The Hall–Kier alpha value is -2.13. The predicted molar refractivity (Wildman–Crippen MR) is 42.1 cm³/mol. The summed E-state index contributed by atoms with van der Waals surface area (Å²) in [7, 11) is 0. The average molecular weight is 639 g/mol. The number of carbonyl (C=O) groups is 1. The van der Waals surface area contributed by atoms with E-state index in [0.29, 0.717) is 25.5 Å². The summed E-state index contributed by atoms with van der Waals surface area (Å²) in [4.78, 5) is 29.9. The van der Waals surface area contributed by atoms with E-state index in [1.54, 1.807) is 6.92 Å². The van der Waals surface area contributed by atoms with Gasteiger partial charge in [0.25, 0.3) is 5.09 Å². The van der Waals surface area contributed by atoms with E-state index < -0.39 is 11.0 Å². The number of hydrogen-bond acceptors (Lipinski definition) is 5. The molecule has 1 aliphatic heterocycles. The molecule has 0 atom stereocenters. The summed E-state index contributed by atoms with van der Waals surface area (Å²) in [6, 6.07) is 0. The second-order valence-electron chi connectivity index (χ2n) is 2.37. The van der Waals surface area contributed by atoms with Crippen LogP contribution in [0.15, 0.2) is 4.99 Å². The maximum absolute atomic E-state index is 11.1. The fraction of sp³-hybridized carbons (Fsp3) is 0.500. The molecule has 7 nitrogen and oxygen atoms in total. The maximum atomic E-state index is 11.1. The minimum absolute atomic E-state index is 0. The summed E-state index contributed by atoms with van der Waals surface area (Å²) in [5.74, 6) is -0.0105. The number of hydrogen-bond donors (Lipinski definition) is 0. The summed E-state index contributed by atoms with van der Waals surface area (Å²) >= 11 is 0. The smallest absolute Gasteiger partial charge is 0.265 e. The van der Waals surface area contributed by atoms with E-state index in [9.17, 15) is 14.9 Å². The van der Waals surface area contributed by atoms with Gasteiger partial charge in [-0.05, 0) is 6.92 Å². The van der Waals surface area contributed by atoms with Gasteiger partial charge in [0.2, 0.25) is 0 Å². The van der Waals surface area contributed by atoms with E-state index >= 15 is 0 Å². The van der Waals surface area contributed by atoms with Gasteiger partial charge in [-0.1, -0.05) is 0 Å². The number of amidine groups is 1. The van der Waals surface area contributed by atoms with Gasteiger partial charge in [-0.25, -0.2) is 0 Å². The third-order valence-corrected chi connectivity index (χ3v) is 1.56. The molecule has 0 unspecified atom stereocenters. The first-order chi connectivity index (χ1) is 6.11. The third kappa shape index (κ3) is 4.06. The Morgan fingerprint density at radius 2 is 2.33 bits per heavy atom. The molecule has 0 aliphatic carbocycles. The zero-order valence-corrected chi connectivity index (χ0v) is 17.2. The molecule has 0 saturated carbocycles. The van der Waals surface area contributed by atoms with Crippen LogP contribution in [0, 0.1) is 16.7 Å². The molecular weight excluding hydrogens is 631 g/mol. The van der Waals surface area contributed by atoms with Crippen LogP contribution in [0.25, 0.3) is 0 Å². The number of amides is 1. The number of aliphatic imine (C=N–C) groups is 1. The molecule has 1 aliphatic rings. The van der Waals surface area contributed by atoms with Crippen LogP contribution in [0.2, 0.25) is 0 Å². The monoisotopic (exact) mass is 640 g/mol. The quantitative estimate of drug-likeness (QED) is 0.240. The molecule has 1 rings (SSSR count). The van der Waals surface area contributed by atoms with Crippen LogP contribution in [0.5, 0.6) is 0 Å². The molecule has 0 N–H and O–H groups in total. The SMILES string of the molecule is CC1=NCCN1C(=O)[CH-]O[N+](=O)[O-].[Re].[Rf]. The van der Waals surface area contributed by atoms with E-state index in [1.807, 2.05) is 0 Å². The third-order valence-electron chi connectivity index (χ3n) is 1.56. The summed E-state index contributed by atoms with van der Waals surface area (Å²) in [5.41, 5.74) is 0. The van der Waals surface area contributed by atoms with Gasteiger partial charge in [0.05, 0.1) is 6.54 Å². The van der Waals surface area contributed by atoms with Crippen molar-refractivity contribution in [3.63, 3.8) is 0 Å². The van der Waals surface area contributed by atoms with Crippen molar-refractivity contribution in [1.29, 1.82) is 0 Å². The van der Waals surface area contributed by atoms with Crippen molar-refractivity contribution in [2.24, 2.45) is 4.99 Å². The summed E-state index contributed by atoms with van der Waals surface area (Å²) < 4.78 is 0. The summed E-state index contributed by atoms with van der Waals surface area (Å²) in [6.07, 6.45) is 0. The van der Waals surface area contributed by atoms with E-state index in [-0.39, 0.29) is 20.4 Å². The Morgan fingerprint density at radius 1 is 1.73 bits per heavy atom. The van der Waals surface area contributed by atoms with Gasteiger partial charge in [0.15, 0.2) is 0 Å². The molecule has 1 amide bonds. The van der Waals surface area contributed by atoms with Crippen LogP contribution in [-0.2, 0) is 30.1 Å². The molecule has 15 heavy (non-hydrogen) atoms. The van der Waals surface area contributed by atoms with Crippen LogP contribution in [0.3, 0.4) is 0 Å². The molecule has 0 aromatic carbocycles. The Bertz CT molecular complexity index is 273. The maximum Gasteiger partial charge on any atom is 0.265 e. The first-order valence-electron chi connectivity index (χ1n) is 3.58. The molecule has 0 spiro atoms. The van der Waals surface area contributed by atoms with Gasteiger partial charge >= 0.3 is 0 Å². The van der Waals surface area contributed by atoms with Gasteiger partial charge in [-0.2, -0.15) is 0 Å². The van der Waals surface area contributed by atoms with E-state index in [0.717, 1.165) is 0 Å². The number of nitrogens with zero attached hydrogens (tertiary/aromatic N) is 3. The zero-order valence-electron chi connectivity index (χ0n) is 8.05. The van der Waals surface area contributed by atoms with Gasteiger partial charge < -0.3 is 14.5 Å². The van der Waals surface area contributed by atoms with Crippen molar-refractivity contribution in [3.8, 4) is 0 Å². The number of rotatable bonds is 3.